The summed E-state index contributed by atoms with van der Waals surface area (Å²) in [4.78, 5) is 28.0. The van der Waals surface area contributed by atoms with Gasteiger partial charge in [-0.25, -0.2) is 9.59 Å². The van der Waals surface area contributed by atoms with E-state index >= 15 is 0 Å². The smallest absolute Gasteiger partial charge is 0.414 e. The van der Waals surface area contributed by atoms with Crippen LogP contribution in [0.3, 0.4) is 0 Å². The number of carboxylic acid groups (broad SMARTS) is 2. The molecule has 0 aromatic rings. The van der Waals surface area contributed by atoms with Crippen molar-refractivity contribution in [3.8, 4) is 0 Å². The Balaban J connectivity index is 0. The van der Waals surface area contributed by atoms with Crippen LogP contribution in [0.15, 0.2) is 12.2 Å². The SMILES string of the molecule is C=C(C)C(N)=O.O=C(O)C(=O)O. The zero-order valence-corrected chi connectivity index (χ0v) is 6.40. The van der Waals surface area contributed by atoms with Gasteiger partial charge in [0.15, 0.2) is 0 Å². The first-order valence-corrected chi connectivity index (χ1v) is 2.70. The van der Waals surface area contributed by atoms with Crippen LogP contribution in [0.5, 0.6) is 0 Å². The molecule has 0 fully saturated rings. The van der Waals surface area contributed by atoms with Crippen molar-refractivity contribution in [2.45, 2.75) is 6.92 Å². The standard InChI is InChI=1S/C4H7NO.C2H2O4/c1-3(2)4(5)6;3-1(4)2(5)6/h1H2,2H3,(H2,5,6);(H,3,4)(H,5,6). The quantitative estimate of drug-likeness (QED) is 0.356. The number of rotatable bonds is 1. The molecule has 4 N–H and O–H groups in total. The summed E-state index contributed by atoms with van der Waals surface area (Å²) < 4.78 is 0. The van der Waals surface area contributed by atoms with Gasteiger partial charge in [-0.2, -0.15) is 0 Å². The van der Waals surface area contributed by atoms with Gasteiger partial charge in [-0.15, -0.1) is 0 Å². The second-order valence-electron chi connectivity index (χ2n) is 1.75. The molecule has 0 aromatic heterocycles. The fourth-order valence-corrected chi connectivity index (χ4v) is 0. The maximum Gasteiger partial charge on any atom is 0.414 e. The van der Waals surface area contributed by atoms with E-state index in [0.29, 0.717) is 5.57 Å². The topological polar surface area (TPSA) is 118 Å². The first-order chi connectivity index (χ1) is 5.29. The van der Waals surface area contributed by atoms with E-state index in [1.807, 2.05) is 0 Å². The molecule has 0 bridgehead atoms. The third kappa shape index (κ3) is 11.0. The molecule has 0 unspecified atom stereocenters. The van der Waals surface area contributed by atoms with Gasteiger partial charge in [-0.1, -0.05) is 6.58 Å². The van der Waals surface area contributed by atoms with Gasteiger partial charge in [0.1, 0.15) is 0 Å². The second kappa shape index (κ2) is 5.90. The highest BCUT2D eigenvalue weighted by molar-refractivity contribution is 6.27. The highest BCUT2D eigenvalue weighted by Gasteiger charge is 2.04. The molecule has 0 radical (unpaired) electrons. The van der Waals surface area contributed by atoms with Crippen molar-refractivity contribution in [1.29, 1.82) is 0 Å². The Hall–Kier alpha value is -1.85. The van der Waals surface area contributed by atoms with Crippen LogP contribution >= 0.6 is 0 Å². The van der Waals surface area contributed by atoms with Crippen molar-refractivity contribution in [2.24, 2.45) is 5.73 Å². The van der Waals surface area contributed by atoms with Crippen LogP contribution in [0.1, 0.15) is 6.92 Å². The van der Waals surface area contributed by atoms with E-state index < -0.39 is 17.8 Å². The fourth-order valence-electron chi connectivity index (χ4n) is 0. The number of primary amides is 1. The Morgan fingerprint density at radius 3 is 1.33 bits per heavy atom. The first kappa shape index (κ1) is 12.8. The molecule has 1 amide bonds. The number of amides is 1. The average Bonchev–Trinajstić information content (AvgIpc) is 1.88. The predicted molar refractivity (Wildman–Crippen MR) is 39.3 cm³/mol. The molecule has 0 atom stereocenters. The molecule has 0 aliphatic heterocycles. The molecule has 0 aromatic carbocycles. The van der Waals surface area contributed by atoms with E-state index in [1.54, 1.807) is 6.92 Å². The summed E-state index contributed by atoms with van der Waals surface area (Å²) in [5, 5.41) is 14.8. The Bertz CT molecular complexity index is 172. The zero-order chi connectivity index (χ0) is 10.3. The number of nitrogens with two attached hydrogens (primary N) is 1. The third-order valence-electron chi connectivity index (χ3n) is 0.604. The molecule has 0 heterocycles. The van der Waals surface area contributed by atoms with Gasteiger partial charge in [0, 0.05) is 5.57 Å². The maximum atomic E-state index is 9.82. The van der Waals surface area contributed by atoms with Gasteiger partial charge in [-0.3, -0.25) is 4.79 Å². The fraction of sp³-hybridized carbons (Fsp3) is 0.167. The molecule has 0 aliphatic carbocycles. The highest BCUT2D eigenvalue weighted by atomic mass is 16.4. The normalized spacial score (nSPS) is 7.42. The lowest BCUT2D eigenvalue weighted by atomic mass is 10.3. The summed E-state index contributed by atoms with van der Waals surface area (Å²) in [7, 11) is 0. The van der Waals surface area contributed by atoms with Crippen molar-refractivity contribution < 1.29 is 24.6 Å². The minimum atomic E-state index is -1.82. The summed E-state index contributed by atoms with van der Waals surface area (Å²) in [6.45, 7) is 4.85. The van der Waals surface area contributed by atoms with E-state index in [-0.39, 0.29) is 0 Å². The summed E-state index contributed by atoms with van der Waals surface area (Å²) >= 11 is 0. The van der Waals surface area contributed by atoms with Crippen molar-refractivity contribution in [1.82, 2.24) is 0 Å². The van der Waals surface area contributed by atoms with Crippen LogP contribution < -0.4 is 5.73 Å². The van der Waals surface area contributed by atoms with E-state index in [4.69, 9.17) is 25.5 Å². The van der Waals surface area contributed by atoms with Gasteiger partial charge in [-0.05, 0) is 6.92 Å². The molecule has 0 spiro atoms. The Kier molecular flexibility index (Phi) is 6.29. The van der Waals surface area contributed by atoms with Gasteiger partial charge in [0.2, 0.25) is 5.91 Å². The molecule has 0 rings (SSSR count). The minimum Gasteiger partial charge on any atom is -0.473 e. The van der Waals surface area contributed by atoms with Crippen LogP contribution in [-0.4, -0.2) is 28.1 Å². The van der Waals surface area contributed by atoms with Gasteiger partial charge >= 0.3 is 11.9 Å². The highest BCUT2D eigenvalue weighted by Crippen LogP contribution is 1.78. The number of carboxylic acids is 2. The number of hydrogen-bond acceptors (Lipinski definition) is 3. The van der Waals surface area contributed by atoms with E-state index in [1.165, 1.54) is 0 Å². The molecule has 6 nitrogen and oxygen atoms in total. The largest absolute Gasteiger partial charge is 0.473 e. The molecule has 68 valence electrons. The number of carbonyl (C=O) groups excluding carboxylic acids is 1. The number of aliphatic carboxylic acids is 2. The Labute approximate surface area is 68.3 Å². The summed E-state index contributed by atoms with van der Waals surface area (Å²) in [6.07, 6.45) is 0. The summed E-state index contributed by atoms with van der Waals surface area (Å²) in [6, 6.07) is 0. The molecule has 0 aliphatic rings. The van der Waals surface area contributed by atoms with E-state index in [2.05, 4.69) is 6.58 Å². The van der Waals surface area contributed by atoms with Crippen LogP contribution in [-0.2, 0) is 14.4 Å². The molecule has 0 saturated carbocycles. The van der Waals surface area contributed by atoms with Crippen molar-refractivity contribution >= 4 is 17.8 Å². The Morgan fingerprint density at radius 1 is 1.17 bits per heavy atom. The molecule has 12 heavy (non-hydrogen) atoms. The molecular formula is C6H9NO5. The second-order valence-corrected chi connectivity index (χ2v) is 1.75. The van der Waals surface area contributed by atoms with Crippen molar-refractivity contribution in [3.63, 3.8) is 0 Å². The zero-order valence-electron chi connectivity index (χ0n) is 6.40. The Morgan fingerprint density at radius 2 is 1.33 bits per heavy atom. The van der Waals surface area contributed by atoms with E-state index in [0.717, 1.165) is 0 Å². The van der Waals surface area contributed by atoms with Crippen molar-refractivity contribution in [3.05, 3.63) is 12.2 Å². The van der Waals surface area contributed by atoms with Crippen LogP contribution in [0.2, 0.25) is 0 Å². The third-order valence-corrected chi connectivity index (χ3v) is 0.604. The molecule has 6 heteroatoms. The number of hydrogen-bond donors (Lipinski definition) is 3. The van der Waals surface area contributed by atoms with Gasteiger partial charge in [0.05, 0.1) is 0 Å². The van der Waals surface area contributed by atoms with Crippen LogP contribution in [0.4, 0.5) is 0 Å². The first-order valence-electron chi connectivity index (χ1n) is 2.70. The average molecular weight is 175 g/mol. The molecule has 0 saturated heterocycles. The number of carbonyl (C=O) groups is 3. The summed E-state index contributed by atoms with van der Waals surface area (Å²) in [5.41, 5.74) is 5.09. The monoisotopic (exact) mass is 175 g/mol. The van der Waals surface area contributed by atoms with Crippen molar-refractivity contribution in [2.75, 3.05) is 0 Å². The van der Waals surface area contributed by atoms with Gasteiger partial charge in [0.25, 0.3) is 0 Å². The summed E-state index contributed by atoms with van der Waals surface area (Å²) in [5.74, 6) is -4.08. The van der Waals surface area contributed by atoms with Gasteiger partial charge < -0.3 is 15.9 Å². The predicted octanol–water partition coefficient (Wildman–Crippen LogP) is -0.797. The minimum absolute atomic E-state index is 0.398. The molecular weight excluding hydrogens is 166 g/mol. The van der Waals surface area contributed by atoms with E-state index in [9.17, 15) is 4.79 Å². The lowest BCUT2D eigenvalue weighted by Crippen LogP contribution is -2.10. The van der Waals surface area contributed by atoms with Crippen LogP contribution in [0.25, 0.3) is 0 Å². The van der Waals surface area contributed by atoms with Crippen LogP contribution in [0, 0.1) is 0 Å². The lowest BCUT2D eigenvalue weighted by molar-refractivity contribution is -0.159. The maximum absolute atomic E-state index is 9.82. The lowest BCUT2D eigenvalue weighted by Gasteiger charge is -1.81.